The number of fused-ring (bicyclic) bond motifs is 3. The molecule has 3 aromatic heterocycles. The van der Waals surface area contributed by atoms with Crippen molar-refractivity contribution in [3.63, 3.8) is 0 Å². The molecular formula is C34H41N7O7. The van der Waals surface area contributed by atoms with Crippen LogP contribution in [0.1, 0.15) is 39.5 Å². The van der Waals surface area contributed by atoms with Crippen LogP contribution in [0.5, 0.6) is 0 Å². The molecule has 6 rings (SSSR count). The van der Waals surface area contributed by atoms with Gasteiger partial charge >= 0.3 is 12.2 Å². The van der Waals surface area contributed by atoms with Gasteiger partial charge in [0.05, 0.1) is 38.4 Å². The number of furan rings is 1. The van der Waals surface area contributed by atoms with E-state index in [9.17, 15) is 14.4 Å². The largest absolute Gasteiger partial charge is 0.449 e. The first-order chi connectivity index (χ1) is 23.5. The molecular weight excluding hydrogens is 618 g/mol. The number of nitrogens with one attached hydrogen (secondary N) is 1. The van der Waals surface area contributed by atoms with Crippen molar-refractivity contribution in [1.29, 1.82) is 0 Å². The predicted molar refractivity (Wildman–Crippen MR) is 179 cm³/mol. The lowest BCUT2D eigenvalue weighted by Gasteiger charge is -2.39. The van der Waals surface area contributed by atoms with Gasteiger partial charge in [-0.2, -0.15) is 0 Å². The standard InChI is InChI=1S/C34H41N7O7/c1-3-5-17-46-33(43)40-13-14-41(34(44)47-18-6-4-2)26(22-40)31(42)36-24-10-7-9-23(21-24)29-37-27-25-11-8-12-35-32(25)48-28(27)30(38-29)39-15-19-45-20-16-39/h7-12,21,26H,3-6,13-20,22H2,1-2H3,(H,36,42). The number of ether oxygens (including phenoxy) is 3. The summed E-state index contributed by atoms with van der Waals surface area (Å²) in [6.07, 6.45) is 3.79. The molecule has 2 aliphatic heterocycles. The molecule has 14 heteroatoms. The first-order valence-electron chi connectivity index (χ1n) is 16.6. The molecule has 0 aliphatic carbocycles. The minimum atomic E-state index is -0.986. The number of aromatic nitrogens is 3. The summed E-state index contributed by atoms with van der Waals surface area (Å²) >= 11 is 0. The van der Waals surface area contributed by atoms with Crippen LogP contribution in [0.4, 0.5) is 21.1 Å². The average molecular weight is 660 g/mol. The van der Waals surface area contributed by atoms with E-state index in [4.69, 9.17) is 28.6 Å². The second kappa shape index (κ2) is 15.3. The van der Waals surface area contributed by atoms with Crippen molar-refractivity contribution in [2.45, 2.75) is 45.6 Å². The first-order valence-corrected chi connectivity index (χ1v) is 16.6. The highest BCUT2D eigenvalue weighted by Gasteiger charge is 2.38. The molecule has 2 fully saturated rings. The number of carbonyl (C=O) groups excluding carboxylic acids is 3. The zero-order chi connectivity index (χ0) is 33.5. The molecule has 254 valence electrons. The van der Waals surface area contributed by atoms with Crippen molar-refractivity contribution in [1.82, 2.24) is 24.8 Å². The Morgan fingerprint density at radius 1 is 0.938 bits per heavy atom. The number of hydrogen-bond acceptors (Lipinski definition) is 11. The van der Waals surface area contributed by atoms with E-state index in [0.29, 0.717) is 79.0 Å². The fourth-order valence-electron chi connectivity index (χ4n) is 5.72. The van der Waals surface area contributed by atoms with Crippen molar-refractivity contribution < 1.29 is 33.0 Å². The van der Waals surface area contributed by atoms with Gasteiger partial charge in [0.15, 0.2) is 17.2 Å². The second-order valence-corrected chi connectivity index (χ2v) is 11.8. The van der Waals surface area contributed by atoms with Gasteiger partial charge in [-0.1, -0.05) is 38.8 Å². The molecule has 3 amide bonds. The molecule has 14 nitrogen and oxygen atoms in total. The summed E-state index contributed by atoms with van der Waals surface area (Å²) < 4.78 is 22.6. The first kappa shape index (κ1) is 32.9. The third-order valence-electron chi connectivity index (χ3n) is 8.39. The van der Waals surface area contributed by atoms with E-state index in [2.05, 4.69) is 15.2 Å². The molecule has 1 N–H and O–H groups in total. The van der Waals surface area contributed by atoms with Gasteiger partial charge in [-0.05, 0) is 37.1 Å². The lowest BCUT2D eigenvalue weighted by Crippen LogP contribution is -2.60. The fourth-order valence-corrected chi connectivity index (χ4v) is 5.72. The number of morpholine rings is 1. The van der Waals surface area contributed by atoms with Crippen molar-refractivity contribution in [2.75, 3.05) is 69.4 Å². The molecule has 0 saturated carbocycles. The van der Waals surface area contributed by atoms with Crippen LogP contribution >= 0.6 is 0 Å². The van der Waals surface area contributed by atoms with Gasteiger partial charge in [0.2, 0.25) is 11.6 Å². The Bertz CT molecular complexity index is 1760. The molecule has 2 saturated heterocycles. The zero-order valence-electron chi connectivity index (χ0n) is 27.4. The smallest absolute Gasteiger partial charge is 0.410 e. The Morgan fingerprint density at radius 3 is 2.48 bits per heavy atom. The molecule has 0 radical (unpaired) electrons. The van der Waals surface area contributed by atoms with E-state index in [-0.39, 0.29) is 26.2 Å². The molecule has 4 aromatic rings. The van der Waals surface area contributed by atoms with Crippen LogP contribution in [0.3, 0.4) is 0 Å². The minimum absolute atomic E-state index is 0.0242. The average Bonchev–Trinajstić information content (AvgIpc) is 3.50. The number of hydrogen-bond donors (Lipinski definition) is 1. The van der Waals surface area contributed by atoms with Gasteiger partial charge in [0, 0.05) is 43.6 Å². The number of unbranched alkanes of at least 4 members (excludes halogenated alkanes) is 2. The topological polar surface area (TPSA) is 152 Å². The van der Waals surface area contributed by atoms with Crippen LogP contribution in [0, 0.1) is 0 Å². The number of piperazine rings is 1. The third-order valence-corrected chi connectivity index (χ3v) is 8.39. The van der Waals surface area contributed by atoms with Gasteiger partial charge in [0.25, 0.3) is 0 Å². The van der Waals surface area contributed by atoms with E-state index >= 15 is 0 Å². The summed E-state index contributed by atoms with van der Waals surface area (Å²) in [5, 5.41) is 3.72. The summed E-state index contributed by atoms with van der Waals surface area (Å²) in [4.78, 5) is 58.8. The Kier molecular flexibility index (Phi) is 10.5. The molecule has 1 unspecified atom stereocenters. The van der Waals surface area contributed by atoms with Crippen LogP contribution in [-0.2, 0) is 19.0 Å². The van der Waals surface area contributed by atoms with Gasteiger partial charge in [-0.25, -0.2) is 24.5 Å². The summed E-state index contributed by atoms with van der Waals surface area (Å²) in [6, 6.07) is 9.97. The molecule has 0 bridgehead atoms. The van der Waals surface area contributed by atoms with E-state index in [1.165, 1.54) is 9.80 Å². The van der Waals surface area contributed by atoms with Gasteiger partial charge in [0.1, 0.15) is 11.6 Å². The van der Waals surface area contributed by atoms with Crippen molar-refractivity contribution in [3.8, 4) is 11.4 Å². The zero-order valence-corrected chi connectivity index (χ0v) is 27.4. The fraction of sp³-hybridized carbons (Fsp3) is 0.471. The van der Waals surface area contributed by atoms with Crippen molar-refractivity contribution in [3.05, 3.63) is 42.6 Å². The number of carbonyl (C=O) groups is 3. The molecule has 1 atom stereocenters. The van der Waals surface area contributed by atoms with Crippen LogP contribution in [0.15, 0.2) is 47.0 Å². The quantitative estimate of drug-likeness (QED) is 0.227. The predicted octanol–water partition coefficient (Wildman–Crippen LogP) is 5.07. The van der Waals surface area contributed by atoms with Crippen LogP contribution < -0.4 is 10.2 Å². The van der Waals surface area contributed by atoms with Crippen LogP contribution in [0.25, 0.3) is 33.6 Å². The number of rotatable bonds is 10. The normalized spacial score (nSPS) is 16.7. The van der Waals surface area contributed by atoms with Gasteiger partial charge in [-0.15, -0.1) is 0 Å². The lowest BCUT2D eigenvalue weighted by molar-refractivity contribution is -0.122. The molecule has 5 heterocycles. The Balaban J connectivity index is 1.27. The maximum atomic E-state index is 13.8. The lowest BCUT2D eigenvalue weighted by atomic mass is 10.1. The number of nitrogens with zero attached hydrogens (tertiary/aromatic N) is 6. The SMILES string of the molecule is CCCCOC(=O)N1CCN(C(=O)OCCCC)C(C(=O)Nc2cccc(-c3nc(N4CCOCC4)c4oc5ncccc5c4n3)c2)C1. The number of pyridine rings is 1. The summed E-state index contributed by atoms with van der Waals surface area (Å²) in [7, 11) is 0. The van der Waals surface area contributed by atoms with Crippen LogP contribution in [0.2, 0.25) is 0 Å². The maximum Gasteiger partial charge on any atom is 0.410 e. The van der Waals surface area contributed by atoms with Gasteiger partial charge in [-0.3, -0.25) is 9.69 Å². The highest BCUT2D eigenvalue weighted by atomic mass is 16.6. The summed E-state index contributed by atoms with van der Waals surface area (Å²) in [5.74, 6) is 0.644. The Labute approximate surface area is 278 Å². The number of anilines is 2. The molecule has 2 aliphatic rings. The molecule has 0 spiro atoms. The van der Waals surface area contributed by atoms with Gasteiger partial charge < -0.3 is 33.7 Å². The highest BCUT2D eigenvalue weighted by molar-refractivity contribution is 6.05. The Hall–Kier alpha value is -4.98. The van der Waals surface area contributed by atoms with Crippen molar-refractivity contribution in [2.24, 2.45) is 0 Å². The molecule has 1 aromatic carbocycles. The van der Waals surface area contributed by atoms with E-state index in [0.717, 1.165) is 24.6 Å². The number of benzene rings is 1. The minimum Gasteiger partial charge on any atom is -0.449 e. The summed E-state index contributed by atoms with van der Waals surface area (Å²) in [6.45, 7) is 7.34. The number of amides is 3. The highest BCUT2D eigenvalue weighted by Crippen LogP contribution is 2.35. The monoisotopic (exact) mass is 659 g/mol. The van der Waals surface area contributed by atoms with Crippen LogP contribution in [-0.4, -0.2) is 108 Å². The summed E-state index contributed by atoms with van der Waals surface area (Å²) in [5.41, 5.74) is 2.82. The van der Waals surface area contributed by atoms with Crippen molar-refractivity contribution >= 4 is 51.8 Å². The maximum absolute atomic E-state index is 13.8. The van der Waals surface area contributed by atoms with E-state index in [1.54, 1.807) is 24.4 Å². The second-order valence-electron chi connectivity index (χ2n) is 11.8. The van der Waals surface area contributed by atoms with E-state index < -0.39 is 24.1 Å². The van der Waals surface area contributed by atoms with E-state index in [1.807, 2.05) is 32.0 Å². The third kappa shape index (κ3) is 7.28. The Morgan fingerprint density at radius 2 is 1.71 bits per heavy atom. The molecule has 48 heavy (non-hydrogen) atoms.